The van der Waals surface area contributed by atoms with Gasteiger partial charge in [0.25, 0.3) is 0 Å². The summed E-state index contributed by atoms with van der Waals surface area (Å²) in [5.41, 5.74) is 5.35. The van der Waals surface area contributed by atoms with Crippen molar-refractivity contribution in [2.75, 3.05) is 36.4 Å². The maximum Gasteiger partial charge on any atom is 0.321 e. The second-order valence-electron chi connectivity index (χ2n) is 8.04. The lowest BCUT2D eigenvalue weighted by Gasteiger charge is -2.36. The molecule has 31 heavy (non-hydrogen) atoms. The van der Waals surface area contributed by atoms with E-state index in [1.807, 2.05) is 49.1 Å². The third-order valence-electron chi connectivity index (χ3n) is 5.78. The lowest BCUT2D eigenvalue weighted by atomic mass is 10.0. The first-order valence-electron chi connectivity index (χ1n) is 10.8. The van der Waals surface area contributed by atoms with Gasteiger partial charge in [0.2, 0.25) is 0 Å². The third-order valence-corrected chi connectivity index (χ3v) is 5.78. The van der Waals surface area contributed by atoms with Crippen LogP contribution in [0.2, 0.25) is 0 Å². The van der Waals surface area contributed by atoms with Crippen LogP contribution in [0.15, 0.2) is 54.6 Å². The van der Waals surface area contributed by atoms with E-state index >= 15 is 0 Å². The number of anilines is 2. The topological polar surface area (TPSA) is 61.4 Å². The highest BCUT2D eigenvalue weighted by molar-refractivity contribution is 5.90. The van der Waals surface area contributed by atoms with Crippen molar-refractivity contribution in [2.24, 2.45) is 0 Å². The van der Waals surface area contributed by atoms with Gasteiger partial charge in [-0.25, -0.2) is 14.8 Å². The van der Waals surface area contributed by atoms with Gasteiger partial charge in [-0.3, -0.25) is 0 Å². The molecule has 0 atom stereocenters. The normalized spacial score (nSPS) is 13.9. The zero-order chi connectivity index (χ0) is 21.8. The Morgan fingerprint density at radius 2 is 1.58 bits per heavy atom. The highest BCUT2D eigenvalue weighted by Gasteiger charge is 2.25. The van der Waals surface area contributed by atoms with Gasteiger partial charge in [0.15, 0.2) is 0 Å². The van der Waals surface area contributed by atoms with E-state index in [0.29, 0.717) is 13.1 Å². The number of nitrogens with zero attached hydrogens (tertiary/aromatic N) is 4. The number of carbonyl (C=O) groups is 1. The van der Waals surface area contributed by atoms with Gasteiger partial charge in [0, 0.05) is 49.5 Å². The number of carbonyl (C=O) groups excluding carboxylic acids is 1. The molecule has 0 bridgehead atoms. The standard InChI is InChI=1S/C25H29N5O/c1-18-9-7-8-12-23(18)28-25(31)30-15-13-29(14-16-30)24-22(19(2)26-20(3)27-24)17-21-10-5-4-6-11-21/h4-12H,13-17H2,1-3H3,(H,28,31). The number of aryl methyl sites for hydroxylation is 3. The van der Waals surface area contributed by atoms with Crippen molar-refractivity contribution in [1.29, 1.82) is 0 Å². The number of hydrogen-bond acceptors (Lipinski definition) is 4. The van der Waals surface area contributed by atoms with E-state index in [-0.39, 0.29) is 6.03 Å². The highest BCUT2D eigenvalue weighted by Crippen LogP contribution is 2.25. The number of urea groups is 1. The molecule has 4 rings (SSSR count). The van der Waals surface area contributed by atoms with E-state index in [4.69, 9.17) is 4.98 Å². The molecule has 1 saturated heterocycles. The van der Waals surface area contributed by atoms with Gasteiger partial charge in [-0.1, -0.05) is 48.5 Å². The van der Waals surface area contributed by atoms with Gasteiger partial charge in [-0.15, -0.1) is 0 Å². The van der Waals surface area contributed by atoms with Crippen molar-refractivity contribution in [2.45, 2.75) is 27.2 Å². The van der Waals surface area contributed by atoms with Crippen LogP contribution in [0.5, 0.6) is 0 Å². The van der Waals surface area contributed by atoms with Crippen molar-refractivity contribution in [3.05, 3.63) is 82.8 Å². The number of amides is 2. The van der Waals surface area contributed by atoms with Crippen molar-refractivity contribution in [1.82, 2.24) is 14.9 Å². The molecule has 0 saturated carbocycles. The molecule has 1 N–H and O–H groups in total. The molecule has 2 heterocycles. The molecule has 160 valence electrons. The lowest BCUT2D eigenvalue weighted by Crippen LogP contribution is -2.50. The fourth-order valence-corrected chi connectivity index (χ4v) is 4.02. The van der Waals surface area contributed by atoms with E-state index in [9.17, 15) is 4.79 Å². The van der Waals surface area contributed by atoms with E-state index < -0.39 is 0 Å². The summed E-state index contributed by atoms with van der Waals surface area (Å²) >= 11 is 0. The van der Waals surface area contributed by atoms with Crippen LogP contribution >= 0.6 is 0 Å². The Hall–Kier alpha value is -3.41. The molecule has 0 spiro atoms. The summed E-state index contributed by atoms with van der Waals surface area (Å²) in [6.07, 6.45) is 0.802. The Morgan fingerprint density at radius 3 is 2.29 bits per heavy atom. The molecule has 3 aromatic rings. The fourth-order valence-electron chi connectivity index (χ4n) is 4.02. The summed E-state index contributed by atoms with van der Waals surface area (Å²) in [6, 6.07) is 18.2. The van der Waals surface area contributed by atoms with Gasteiger partial charge in [0.1, 0.15) is 11.6 Å². The predicted molar refractivity (Wildman–Crippen MR) is 125 cm³/mol. The van der Waals surface area contributed by atoms with E-state index in [1.54, 1.807) is 0 Å². The van der Waals surface area contributed by atoms with Crippen LogP contribution in [-0.4, -0.2) is 47.1 Å². The summed E-state index contributed by atoms with van der Waals surface area (Å²) in [5.74, 6) is 1.77. The van der Waals surface area contributed by atoms with Crippen molar-refractivity contribution < 1.29 is 4.79 Å². The minimum atomic E-state index is -0.0477. The molecule has 2 aromatic carbocycles. The number of hydrogen-bond donors (Lipinski definition) is 1. The average Bonchev–Trinajstić information content (AvgIpc) is 2.78. The monoisotopic (exact) mass is 415 g/mol. The Kier molecular flexibility index (Phi) is 6.16. The second kappa shape index (κ2) is 9.16. The summed E-state index contributed by atoms with van der Waals surface area (Å²) in [5, 5.41) is 3.04. The fraction of sp³-hybridized carbons (Fsp3) is 0.320. The largest absolute Gasteiger partial charge is 0.353 e. The smallest absolute Gasteiger partial charge is 0.321 e. The minimum absolute atomic E-state index is 0.0477. The predicted octanol–water partition coefficient (Wildman–Crippen LogP) is 4.35. The molecule has 6 nitrogen and oxygen atoms in total. The Labute approximate surface area is 183 Å². The Bertz CT molecular complexity index is 1060. The molecule has 0 unspecified atom stereocenters. The van der Waals surface area contributed by atoms with E-state index in [0.717, 1.165) is 53.7 Å². The number of para-hydroxylation sites is 1. The van der Waals surface area contributed by atoms with Gasteiger partial charge in [-0.05, 0) is 38.0 Å². The van der Waals surface area contributed by atoms with Crippen LogP contribution < -0.4 is 10.2 Å². The molecule has 2 amide bonds. The summed E-state index contributed by atoms with van der Waals surface area (Å²) in [7, 11) is 0. The van der Waals surface area contributed by atoms with Crippen LogP contribution in [0, 0.1) is 20.8 Å². The highest BCUT2D eigenvalue weighted by atomic mass is 16.2. The zero-order valence-electron chi connectivity index (χ0n) is 18.4. The molecule has 1 aromatic heterocycles. The molecule has 6 heteroatoms. The number of piperazine rings is 1. The maximum atomic E-state index is 12.7. The van der Waals surface area contributed by atoms with Gasteiger partial charge in [0.05, 0.1) is 0 Å². The Balaban J connectivity index is 1.47. The molecule has 0 radical (unpaired) electrons. The number of aromatic nitrogens is 2. The first-order chi connectivity index (χ1) is 15.0. The van der Waals surface area contributed by atoms with E-state index in [2.05, 4.69) is 46.4 Å². The van der Waals surface area contributed by atoms with Gasteiger partial charge < -0.3 is 15.1 Å². The molecule has 1 aliphatic rings. The van der Waals surface area contributed by atoms with E-state index in [1.165, 1.54) is 5.56 Å². The van der Waals surface area contributed by atoms with Crippen LogP contribution in [0.25, 0.3) is 0 Å². The maximum absolute atomic E-state index is 12.7. The summed E-state index contributed by atoms with van der Waals surface area (Å²) in [6.45, 7) is 8.81. The molecule has 1 aliphatic heterocycles. The van der Waals surface area contributed by atoms with Crippen molar-refractivity contribution >= 4 is 17.5 Å². The number of rotatable bonds is 4. The third kappa shape index (κ3) is 4.85. The number of benzene rings is 2. The number of nitrogens with one attached hydrogen (secondary N) is 1. The molecular weight excluding hydrogens is 386 g/mol. The van der Waals surface area contributed by atoms with Crippen molar-refractivity contribution in [3.63, 3.8) is 0 Å². The summed E-state index contributed by atoms with van der Waals surface area (Å²) < 4.78 is 0. The van der Waals surface area contributed by atoms with Crippen LogP contribution in [0.4, 0.5) is 16.3 Å². The first-order valence-corrected chi connectivity index (χ1v) is 10.8. The molecule has 1 fully saturated rings. The molecule has 0 aliphatic carbocycles. The van der Waals surface area contributed by atoms with Gasteiger partial charge in [-0.2, -0.15) is 0 Å². The zero-order valence-corrected chi connectivity index (χ0v) is 18.4. The lowest BCUT2D eigenvalue weighted by molar-refractivity contribution is 0.208. The quantitative estimate of drug-likeness (QED) is 0.688. The minimum Gasteiger partial charge on any atom is -0.353 e. The van der Waals surface area contributed by atoms with Gasteiger partial charge >= 0.3 is 6.03 Å². The first kappa shape index (κ1) is 20.8. The van der Waals surface area contributed by atoms with Crippen LogP contribution in [0.1, 0.15) is 28.2 Å². The average molecular weight is 416 g/mol. The SMILES string of the molecule is Cc1nc(C)c(Cc2ccccc2)c(N2CCN(C(=O)Nc3ccccc3C)CC2)n1. The summed E-state index contributed by atoms with van der Waals surface area (Å²) in [4.78, 5) is 26.3. The Morgan fingerprint density at radius 1 is 0.903 bits per heavy atom. The molecular formula is C25H29N5O. The van der Waals surface area contributed by atoms with Crippen LogP contribution in [-0.2, 0) is 6.42 Å². The second-order valence-corrected chi connectivity index (χ2v) is 8.04. The van der Waals surface area contributed by atoms with Crippen LogP contribution in [0.3, 0.4) is 0 Å². The van der Waals surface area contributed by atoms with Crippen molar-refractivity contribution in [3.8, 4) is 0 Å².